The van der Waals surface area contributed by atoms with Gasteiger partial charge in [0, 0.05) is 18.8 Å². The fourth-order valence-electron chi connectivity index (χ4n) is 2.98. The van der Waals surface area contributed by atoms with E-state index in [1.807, 2.05) is 0 Å². The Labute approximate surface area is 115 Å². The van der Waals surface area contributed by atoms with Crippen LogP contribution in [-0.4, -0.2) is 13.1 Å². The first-order valence-electron chi connectivity index (χ1n) is 7.26. The quantitative estimate of drug-likeness (QED) is 0.792. The van der Waals surface area contributed by atoms with Crippen molar-refractivity contribution >= 4 is 5.69 Å². The first kappa shape index (κ1) is 12.3. The Hall–Kier alpha value is -1.76. The highest BCUT2D eigenvalue weighted by molar-refractivity contribution is 5.46. The molecule has 1 aliphatic heterocycles. The smallest absolute Gasteiger partial charge is 0.0366 e. The van der Waals surface area contributed by atoms with E-state index in [1.165, 1.54) is 43.6 Å². The topological polar surface area (TPSA) is 3.24 Å². The van der Waals surface area contributed by atoms with Crippen molar-refractivity contribution < 1.29 is 0 Å². The molecular formula is C18H21N. The summed E-state index contributed by atoms with van der Waals surface area (Å²) in [6, 6.07) is 21.7. The van der Waals surface area contributed by atoms with Crippen molar-refractivity contribution in [1.82, 2.24) is 0 Å². The van der Waals surface area contributed by atoms with E-state index in [4.69, 9.17) is 0 Å². The first-order valence-corrected chi connectivity index (χ1v) is 7.26. The van der Waals surface area contributed by atoms with Crippen LogP contribution in [0.5, 0.6) is 0 Å². The Bertz CT molecular complexity index is 484. The van der Waals surface area contributed by atoms with Crippen molar-refractivity contribution in [3.8, 4) is 0 Å². The molecular weight excluding hydrogens is 230 g/mol. The van der Waals surface area contributed by atoms with Gasteiger partial charge < -0.3 is 4.90 Å². The minimum Gasteiger partial charge on any atom is -0.372 e. The van der Waals surface area contributed by atoms with E-state index in [0.29, 0.717) is 0 Å². The van der Waals surface area contributed by atoms with Gasteiger partial charge in [-0.2, -0.15) is 0 Å². The van der Waals surface area contributed by atoms with Gasteiger partial charge >= 0.3 is 0 Å². The molecule has 0 atom stereocenters. The minimum atomic E-state index is 0.849. The molecule has 1 heterocycles. The summed E-state index contributed by atoms with van der Waals surface area (Å²) in [5.41, 5.74) is 2.86. The third-order valence-corrected chi connectivity index (χ3v) is 4.10. The molecule has 98 valence electrons. The van der Waals surface area contributed by atoms with Crippen LogP contribution in [0.4, 0.5) is 5.69 Å². The Morgan fingerprint density at radius 2 is 1.37 bits per heavy atom. The van der Waals surface area contributed by atoms with E-state index in [-0.39, 0.29) is 0 Å². The maximum Gasteiger partial charge on any atom is 0.0366 e. The van der Waals surface area contributed by atoms with E-state index in [9.17, 15) is 0 Å². The number of hydrogen-bond acceptors (Lipinski definition) is 1. The van der Waals surface area contributed by atoms with Crippen LogP contribution in [0.25, 0.3) is 0 Å². The molecule has 3 rings (SSSR count). The molecule has 0 bridgehead atoms. The van der Waals surface area contributed by atoms with Crippen LogP contribution in [0, 0.1) is 5.92 Å². The molecule has 2 aromatic rings. The van der Waals surface area contributed by atoms with Crippen LogP contribution in [0.1, 0.15) is 18.4 Å². The van der Waals surface area contributed by atoms with Gasteiger partial charge in [-0.1, -0.05) is 48.5 Å². The van der Waals surface area contributed by atoms with Crippen molar-refractivity contribution in [2.24, 2.45) is 5.92 Å². The first-order chi connectivity index (χ1) is 9.42. The van der Waals surface area contributed by atoms with Crippen LogP contribution >= 0.6 is 0 Å². The predicted molar refractivity (Wildman–Crippen MR) is 81.5 cm³/mol. The fourth-order valence-corrected chi connectivity index (χ4v) is 2.98. The van der Waals surface area contributed by atoms with Gasteiger partial charge in [0.15, 0.2) is 0 Å². The second-order valence-electron chi connectivity index (χ2n) is 5.46. The summed E-state index contributed by atoms with van der Waals surface area (Å²) in [7, 11) is 0. The van der Waals surface area contributed by atoms with E-state index < -0.39 is 0 Å². The SMILES string of the molecule is c1ccc(CC2CCN(c3ccccc3)CC2)cc1. The molecule has 1 aliphatic rings. The van der Waals surface area contributed by atoms with Crippen LogP contribution in [-0.2, 0) is 6.42 Å². The van der Waals surface area contributed by atoms with Gasteiger partial charge in [0.2, 0.25) is 0 Å². The molecule has 0 aromatic heterocycles. The van der Waals surface area contributed by atoms with Gasteiger partial charge in [0.25, 0.3) is 0 Å². The number of anilines is 1. The van der Waals surface area contributed by atoms with Gasteiger partial charge in [-0.25, -0.2) is 0 Å². The van der Waals surface area contributed by atoms with E-state index in [1.54, 1.807) is 0 Å². The highest BCUT2D eigenvalue weighted by atomic mass is 15.1. The third kappa shape index (κ3) is 3.17. The number of hydrogen-bond donors (Lipinski definition) is 0. The average Bonchev–Trinajstić information content (AvgIpc) is 2.50. The summed E-state index contributed by atoms with van der Waals surface area (Å²) in [6.45, 7) is 2.39. The molecule has 0 radical (unpaired) electrons. The average molecular weight is 251 g/mol. The molecule has 1 nitrogen and oxygen atoms in total. The maximum absolute atomic E-state index is 2.52. The van der Waals surface area contributed by atoms with Gasteiger partial charge in [0.1, 0.15) is 0 Å². The summed E-state index contributed by atoms with van der Waals surface area (Å²) in [4.78, 5) is 2.52. The number of piperidine rings is 1. The summed E-state index contributed by atoms with van der Waals surface area (Å²) in [5.74, 6) is 0.849. The zero-order valence-electron chi connectivity index (χ0n) is 11.3. The van der Waals surface area contributed by atoms with E-state index in [2.05, 4.69) is 65.6 Å². The normalized spacial score (nSPS) is 16.5. The van der Waals surface area contributed by atoms with E-state index in [0.717, 1.165) is 5.92 Å². The second kappa shape index (κ2) is 5.92. The Kier molecular flexibility index (Phi) is 3.83. The summed E-state index contributed by atoms with van der Waals surface area (Å²) in [6.07, 6.45) is 3.86. The molecule has 19 heavy (non-hydrogen) atoms. The summed E-state index contributed by atoms with van der Waals surface area (Å²) >= 11 is 0. The molecule has 0 spiro atoms. The van der Waals surface area contributed by atoms with Gasteiger partial charge in [-0.05, 0) is 42.9 Å². The van der Waals surface area contributed by atoms with Crippen molar-refractivity contribution in [3.05, 3.63) is 66.2 Å². The van der Waals surface area contributed by atoms with Crippen molar-refractivity contribution in [2.75, 3.05) is 18.0 Å². The number of para-hydroxylation sites is 1. The van der Waals surface area contributed by atoms with Gasteiger partial charge in [0.05, 0.1) is 0 Å². The zero-order valence-corrected chi connectivity index (χ0v) is 11.3. The lowest BCUT2D eigenvalue weighted by atomic mass is 9.90. The Morgan fingerprint density at radius 1 is 0.789 bits per heavy atom. The molecule has 1 fully saturated rings. The van der Waals surface area contributed by atoms with E-state index >= 15 is 0 Å². The Balaban J connectivity index is 1.55. The van der Waals surface area contributed by atoms with Crippen LogP contribution < -0.4 is 4.90 Å². The monoisotopic (exact) mass is 251 g/mol. The van der Waals surface area contributed by atoms with Crippen molar-refractivity contribution in [2.45, 2.75) is 19.3 Å². The van der Waals surface area contributed by atoms with Gasteiger partial charge in [-0.3, -0.25) is 0 Å². The minimum absolute atomic E-state index is 0.849. The molecule has 0 aliphatic carbocycles. The molecule has 1 saturated heterocycles. The fraction of sp³-hybridized carbons (Fsp3) is 0.333. The zero-order chi connectivity index (χ0) is 12.9. The summed E-state index contributed by atoms with van der Waals surface area (Å²) in [5, 5.41) is 0. The van der Waals surface area contributed by atoms with Gasteiger partial charge in [-0.15, -0.1) is 0 Å². The van der Waals surface area contributed by atoms with Crippen LogP contribution in [0.3, 0.4) is 0 Å². The third-order valence-electron chi connectivity index (χ3n) is 4.10. The highest BCUT2D eigenvalue weighted by Gasteiger charge is 2.19. The predicted octanol–water partition coefficient (Wildman–Crippen LogP) is 4.15. The highest BCUT2D eigenvalue weighted by Crippen LogP contribution is 2.25. The maximum atomic E-state index is 2.52. The number of rotatable bonds is 3. The molecule has 0 unspecified atom stereocenters. The molecule has 1 heteroatoms. The standard InChI is InChI=1S/C18H21N/c1-3-7-16(8-4-1)15-17-11-13-19(14-12-17)18-9-5-2-6-10-18/h1-10,17H,11-15H2. The molecule has 2 aromatic carbocycles. The second-order valence-corrected chi connectivity index (χ2v) is 5.46. The molecule has 0 saturated carbocycles. The lowest BCUT2D eigenvalue weighted by molar-refractivity contribution is 0.404. The molecule has 0 amide bonds. The summed E-state index contributed by atoms with van der Waals surface area (Å²) < 4.78 is 0. The van der Waals surface area contributed by atoms with Crippen LogP contribution in [0.2, 0.25) is 0 Å². The van der Waals surface area contributed by atoms with Crippen molar-refractivity contribution in [3.63, 3.8) is 0 Å². The lowest BCUT2D eigenvalue weighted by Gasteiger charge is -2.33. The van der Waals surface area contributed by atoms with Crippen molar-refractivity contribution in [1.29, 1.82) is 0 Å². The number of nitrogens with zero attached hydrogens (tertiary/aromatic N) is 1. The lowest BCUT2D eigenvalue weighted by Crippen LogP contribution is -2.34. The number of benzene rings is 2. The largest absolute Gasteiger partial charge is 0.372 e. The molecule has 0 N–H and O–H groups in total. The Morgan fingerprint density at radius 3 is 2.00 bits per heavy atom. The van der Waals surface area contributed by atoms with Crippen LogP contribution in [0.15, 0.2) is 60.7 Å².